The molecule has 0 saturated heterocycles. The zero-order valence-electron chi connectivity index (χ0n) is 11.7. The molecule has 1 aromatic carbocycles. The highest BCUT2D eigenvalue weighted by Gasteiger charge is 2.21. The van der Waals surface area contributed by atoms with Crippen molar-refractivity contribution >= 4 is 11.6 Å². The topological polar surface area (TPSA) is 84.6 Å². The Labute approximate surface area is 113 Å². The third kappa shape index (κ3) is 4.89. The van der Waals surface area contributed by atoms with Crippen molar-refractivity contribution in [1.29, 1.82) is 0 Å². The second-order valence-corrected chi connectivity index (χ2v) is 4.99. The summed E-state index contributed by atoms with van der Waals surface area (Å²) in [6.07, 6.45) is 0.458. The minimum absolute atomic E-state index is 0.170. The molecule has 0 aliphatic rings. The van der Waals surface area contributed by atoms with Crippen LogP contribution in [0.15, 0.2) is 18.2 Å². The number of benzene rings is 1. The molecule has 1 unspecified atom stereocenters. The molecule has 1 amide bonds. The van der Waals surface area contributed by atoms with E-state index in [1.807, 2.05) is 6.92 Å². The minimum Gasteiger partial charge on any atom is -0.398 e. The first-order valence-electron chi connectivity index (χ1n) is 6.21. The van der Waals surface area contributed by atoms with Gasteiger partial charge in [-0.3, -0.25) is 4.79 Å². The van der Waals surface area contributed by atoms with E-state index in [2.05, 4.69) is 5.32 Å². The lowest BCUT2D eigenvalue weighted by Crippen LogP contribution is -2.41. The summed E-state index contributed by atoms with van der Waals surface area (Å²) in [5.74, 6) is -0.246. The highest BCUT2D eigenvalue weighted by molar-refractivity contribution is 5.95. The Balaban J connectivity index is 2.57. The quantitative estimate of drug-likeness (QED) is 0.673. The zero-order valence-corrected chi connectivity index (χ0v) is 11.7. The van der Waals surface area contributed by atoms with Gasteiger partial charge < -0.3 is 20.9 Å². The van der Waals surface area contributed by atoms with Gasteiger partial charge in [0.05, 0.1) is 5.60 Å². The van der Waals surface area contributed by atoms with Crippen molar-refractivity contribution in [2.24, 2.45) is 0 Å². The number of ether oxygens (including phenoxy) is 1. The average Bonchev–Trinajstić information content (AvgIpc) is 2.37. The number of rotatable bonds is 6. The van der Waals surface area contributed by atoms with Crippen molar-refractivity contribution in [2.45, 2.75) is 25.9 Å². The van der Waals surface area contributed by atoms with E-state index in [9.17, 15) is 9.90 Å². The Bertz CT molecular complexity index is 444. The number of aryl methyl sites for hydroxylation is 1. The number of nitrogens with one attached hydrogen (secondary N) is 1. The summed E-state index contributed by atoms with van der Waals surface area (Å²) in [4.78, 5) is 11.9. The standard InChI is InChI=1S/C14H22N2O3/c1-10-4-5-11(8-12(10)15)13(17)16-9-14(2,18)6-7-19-3/h4-5,8,18H,6-7,9,15H2,1-3H3,(H,16,17). The van der Waals surface area contributed by atoms with Gasteiger partial charge in [-0.2, -0.15) is 0 Å². The predicted molar refractivity (Wildman–Crippen MR) is 75.0 cm³/mol. The molecular weight excluding hydrogens is 244 g/mol. The molecule has 0 spiro atoms. The number of carbonyl (C=O) groups excluding carboxylic acids is 1. The van der Waals surface area contributed by atoms with Gasteiger partial charge in [-0.05, 0) is 31.5 Å². The highest BCUT2D eigenvalue weighted by Crippen LogP contribution is 2.13. The first-order valence-corrected chi connectivity index (χ1v) is 6.21. The zero-order chi connectivity index (χ0) is 14.5. The Kier molecular flexibility index (Phi) is 5.32. The molecule has 0 saturated carbocycles. The number of hydrogen-bond donors (Lipinski definition) is 3. The summed E-state index contributed by atoms with van der Waals surface area (Å²) in [6, 6.07) is 5.15. The van der Waals surface area contributed by atoms with Crippen LogP contribution < -0.4 is 11.1 Å². The van der Waals surface area contributed by atoms with Gasteiger partial charge >= 0.3 is 0 Å². The van der Waals surface area contributed by atoms with Crippen LogP contribution in [0.4, 0.5) is 5.69 Å². The second kappa shape index (κ2) is 6.54. The molecule has 106 valence electrons. The maximum Gasteiger partial charge on any atom is 0.251 e. The predicted octanol–water partition coefficient (Wildman–Crippen LogP) is 1.09. The smallest absolute Gasteiger partial charge is 0.251 e. The van der Waals surface area contributed by atoms with Crippen LogP contribution in [-0.2, 0) is 4.74 Å². The van der Waals surface area contributed by atoms with Crippen LogP contribution in [0.25, 0.3) is 0 Å². The molecule has 1 atom stereocenters. The highest BCUT2D eigenvalue weighted by atomic mass is 16.5. The van der Waals surface area contributed by atoms with E-state index in [0.717, 1.165) is 5.56 Å². The number of anilines is 1. The van der Waals surface area contributed by atoms with Gasteiger partial charge in [0.1, 0.15) is 0 Å². The lowest BCUT2D eigenvalue weighted by Gasteiger charge is -2.23. The van der Waals surface area contributed by atoms with Crippen molar-refractivity contribution < 1.29 is 14.6 Å². The molecule has 0 bridgehead atoms. The van der Waals surface area contributed by atoms with Crippen LogP contribution in [0.1, 0.15) is 29.3 Å². The molecule has 5 nitrogen and oxygen atoms in total. The van der Waals surface area contributed by atoms with Gasteiger partial charge in [-0.15, -0.1) is 0 Å². The number of amides is 1. The molecule has 1 rings (SSSR count). The van der Waals surface area contributed by atoms with Crippen molar-refractivity contribution in [2.75, 3.05) is 26.0 Å². The normalized spacial score (nSPS) is 13.9. The van der Waals surface area contributed by atoms with E-state index in [1.165, 1.54) is 0 Å². The van der Waals surface area contributed by atoms with E-state index in [-0.39, 0.29) is 12.5 Å². The third-order valence-electron chi connectivity index (χ3n) is 3.02. The molecule has 0 aliphatic heterocycles. The van der Waals surface area contributed by atoms with Gasteiger partial charge in [0.15, 0.2) is 0 Å². The summed E-state index contributed by atoms with van der Waals surface area (Å²) in [5, 5.41) is 12.7. The first-order chi connectivity index (χ1) is 8.85. The number of aliphatic hydroxyl groups is 1. The van der Waals surface area contributed by atoms with Crippen LogP contribution in [0.3, 0.4) is 0 Å². The third-order valence-corrected chi connectivity index (χ3v) is 3.02. The Morgan fingerprint density at radius 1 is 1.53 bits per heavy atom. The minimum atomic E-state index is -0.984. The molecule has 0 heterocycles. The first kappa shape index (κ1) is 15.5. The SMILES string of the molecule is COCCC(C)(O)CNC(=O)c1ccc(C)c(N)c1. The van der Waals surface area contributed by atoms with E-state index in [0.29, 0.717) is 24.3 Å². The average molecular weight is 266 g/mol. The van der Waals surface area contributed by atoms with E-state index < -0.39 is 5.60 Å². The fourth-order valence-electron chi connectivity index (χ4n) is 1.56. The van der Waals surface area contributed by atoms with E-state index >= 15 is 0 Å². The Morgan fingerprint density at radius 3 is 2.79 bits per heavy atom. The fourth-order valence-corrected chi connectivity index (χ4v) is 1.56. The van der Waals surface area contributed by atoms with Crippen molar-refractivity contribution in [3.05, 3.63) is 29.3 Å². The van der Waals surface area contributed by atoms with Gasteiger partial charge in [-0.25, -0.2) is 0 Å². The van der Waals surface area contributed by atoms with E-state index in [4.69, 9.17) is 10.5 Å². The lowest BCUT2D eigenvalue weighted by atomic mass is 10.0. The summed E-state index contributed by atoms with van der Waals surface area (Å²) in [5.41, 5.74) is 6.78. The number of nitrogen functional groups attached to an aromatic ring is 1. The maximum atomic E-state index is 11.9. The van der Waals surface area contributed by atoms with Gasteiger partial charge in [0, 0.05) is 37.9 Å². The summed E-state index contributed by atoms with van der Waals surface area (Å²) in [6.45, 7) is 4.16. The van der Waals surface area contributed by atoms with Crippen molar-refractivity contribution in [3.63, 3.8) is 0 Å². The van der Waals surface area contributed by atoms with Gasteiger partial charge in [0.2, 0.25) is 0 Å². The molecule has 0 aliphatic carbocycles. The molecule has 0 fully saturated rings. The molecule has 0 aromatic heterocycles. The second-order valence-electron chi connectivity index (χ2n) is 4.99. The monoisotopic (exact) mass is 266 g/mol. The Hall–Kier alpha value is -1.59. The number of methoxy groups -OCH3 is 1. The van der Waals surface area contributed by atoms with Crippen molar-refractivity contribution in [3.8, 4) is 0 Å². The number of carbonyl (C=O) groups is 1. The van der Waals surface area contributed by atoms with Gasteiger partial charge in [0.25, 0.3) is 5.91 Å². The molecule has 4 N–H and O–H groups in total. The molecular formula is C14H22N2O3. The van der Waals surface area contributed by atoms with Crippen molar-refractivity contribution in [1.82, 2.24) is 5.32 Å². The summed E-state index contributed by atoms with van der Waals surface area (Å²) in [7, 11) is 1.57. The maximum absolute atomic E-state index is 11.9. The summed E-state index contributed by atoms with van der Waals surface area (Å²) >= 11 is 0. The van der Waals surface area contributed by atoms with Crippen LogP contribution >= 0.6 is 0 Å². The van der Waals surface area contributed by atoms with Crippen LogP contribution in [0.5, 0.6) is 0 Å². The largest absolute Gasteiger partial charge is 0.398 e. The van der Waals surface area contributed by atoms with Crippen LogP contribution in [0.2, 0.25) is 0 Å². The fraction of sp³-hybridized carbons (Fsp3) is 0.500. The summed E-state index contributed by atoms with van der Waals surface area (Å²) < 4.78 is 4.91. The molecule has 1 aromatic rings. The molecule has 19 heavy (non-hydrogen) atoms. The van der Waals surface area contributed by atoms with E-state index in [1.54, 1.807) is 32.2 Å². The van der Waals surface area contributed by atoms with Gasteiger partial charge in [-0.1, -0.05) is 6.07 Å². The number of nitrogens with two attached hydrogens (primary N) is 1. The lowest BCUT2D eigenvalue weighted by molar-refractivity contribution is 0.0243. The Morgan fingerprint density at radius 2 is 2.21 bits per heavy atom. The molecule has 5 heteroatoms. The number of hydrogen-bond acceptors (Lipinski definition) is 4. The molecule has 0 radical (unpaired) electrons. The van der Waals surface area contributed by atoms with Crippen LogP contribution in [0, 0.1) is 6.92 Å². The van der Waals surface area contributed by atoms with Crippen LogP contribution in [-0.4, -0.2) is 36.9 Å².